The molecule has 1 N–H and O–H groups in total. The molecule has 8 heteroatoms. The van der Waals surface area contributed by atoms with Gasteiger partial charge < -0.3 is 19.9 Å². The number of amides is 3. The van der Waals surface area contributed by atoms with Gasteiger partial charge in [0.25, 0.3) is 0 Å². The van der Waals surface area contributed by atoms with Gasteiger partial charge >= 0.3 is 6.03 Å². The van der Waals surface area contributed by atoms with E-state index in [1.54, 1.807) is 16.2 Å². The lowest BCUT2D eigenvalue weighted by Crippen LogP contribution is -2.50. The lowest BCUT2D eigenvalue weighted by molar-refractivity contribution is -0.135. The smallest absolute Gasteiger partial charge is 0.318 e. The molecule has 1 atom stereocenters. The molecule has 1 aromatic carbocycles. The van der Waals surface area contributed by atoms with Gasteiger partial charge in [0, 0.05) is 29.0 Å². The number of carbonyl (C=O) groups is 2. The molecule has 174 valence electrons. The number of hydrogen-bond acceptors (Lipinski definition) is 4. The Balaban J connectivity index is 1.76. The Morgan fingerprint density at radius 1 is 1.34 bits per heavy atom. The van der Waals surface area contributed by atoms with Gasteiger partial charge in [-0.05, 0) is 74.4 Å². The number of halogens is 1. The highest BCUT2D eigenvalue weighted by Crippen LogP contribution is 2.34. The minimum absolute atomic E-state index is 0.0179. The number of rotatable bonds is 8. The third kappa shape index (κ3) is 5.95. The van der Waals surface area contributed by atoms with Crippen molar-refractivity contribution in [2.75, 3.05) is 26.2 Å². The topological polar surface area (TPSA) is 61.9 Å². The average Bonchev–Trinajstić information content (AvgIpc) is 3.22. The van der Waals surface area contributed by atoms with Crippen molar-refractivity contribution in [3.05, 3.63) is 50.7 Å². The summed E-state index contributed by atoms with van der Waals surface area (Å²) in [6, 6.07) is 7.28. The molecule has 1 aliphatic rings. The summed E-state index contributed by atoms with van der Waals surface area (Å²) < 4.78 is 6.10. The van der Waals surface area contributed by atoms with E-state index in [1.165, 1.54) is 4.88 Å². The maximum absolute atomic E-state index is 13.4. The van der Waals surface area contributed by atoms with E-state index in [0.717, 1.165) is 29.7 Å². The predicted octanol–water partition coefficient (Wildman–Crippen LogP) is 5.04. The number of thiophene rings is 1. The van der Waals surface area contributed by atoms with Crippen LogP contribution in [-0.4, -0.2) is 54.0 Å². The van der Waals surface area contributed by atoms with Crippen LogP contribution in [0.4, 0.5) is 4.79 Å². The molecular formula is C24H32ClN3O3S. The molecule has 0 saturated heterocycles. The van der Waals surface area contributed by atoms with Gasteiger partial charge in [-0.2, -0.15) is 0 Å². The lowest BCUT2D eigenvalue weighted by Gasteiger charge is -2.37. The van der Waals surface area contributed by atoms with E-state index in [0.29, 0.717) is 24.7 Å². The highest BCUT2D eigenvalue weighted by molar-refractivity contribution is 7.10. The molecule has 32 heavy (non-hydrogen) atoms. The zero-order chi connectivity index (χ0) is 23.3. The van der Waals surface area contributed by atoms with Crippen LogP contribution >= 0.6 is 22.9 Å². The van der Waals surface area contributed by atoms with Gasteiger partial charge in [0.15, 0.2) is 0 Å². The van der Waals surface area contributed by atoms with Crippen LogP contribution in [0.1, 0.15) is 49.2 Å². The van der Waals surface area contributed by atoms with Crippen LogP contribution in [0.2, 0.25) is 5.02 Å². The normalized spacial score (nSPS) is 15.4. The van der Waals surface area contributed by atoms with Crippen molar-refractivity contribution < 1.29 is 14.3 Å². The summed E-state index contributed by atoms with van der Waals surface area (Å²) in [5.41, 5.74) is 2.08. The van der Waals surface area contributed by atoms with Crippen LogP contribution in [0.15, 0.2) is 29.6 Å². The summed E-state index contributed by atoms with van der Waals surface area (Å²) in [5.74, 6) is 0.667. The van der Waals surface area contributed by atoms with E-state index >= 15 is 0 Å². The fourth-order valence-corrected chi connectivity index (χ4v) is 4.92. The highest BCUT2D eigenvalue weighted by Gasteiger charge is 2.33. The number of nitrogens with zero attached hydrogens (tertiary/aromatic N) is 2. The molecule has 0 fully saturated rings. The zero-order valence-corrected chi connectivity index (χ0v) is 20.8. The summed E-state index contributed by atoms with van der Waals surface area (Å²) in [5, 5.41) is 5.66. The number of ether oxygens (including phenoxy) is 1. The first-order valence-corrected chi connectivity index (χ1v) is 12.4. The maximum atomic E-state index is 13.4. The van der Waals surface area contributed by atoms with Gasteiger partial charge in [0.05, 0.1) is 6.04 Å². The van der Waals surface area contributed by atoms with Gasteiger partial charge in [-0.3, -0.25) is 4.79 Å². The second kappa shape index (κ2) is 11.1. The lowest BCUT2D eigenvalue weighted by atomic mass is 10.0. The minimum Gasteiger partial charge on any atom is -0.491 e. The van der Waals surface area contributed by atoms with Gasteiger partial charge in [0.1, 0.15) is 18.9 Å². The molecule has 0 bridgehead atoms. The molecule has 0 radical (unpaired) electrons. The maximum Gasteiger partial charge on any atom is 0.318 e. The molecule has 2 heterocycles. The quantitative estimate of drug-likeness (QED) is 0.579. The number of nitrogens with one attached hydrogen (secondary N) is 1. The molecule has 0 spiro atoms. The molecule has 6 nitrogen and oxygen atoms in total. The molecule has 3 rings (SSSR count). The third-order valence-electron chi connectivity index (χ3n) is 5.47. The average molecular weight is 478 g/mol. The molecule has 3 amide bonds. The first kappa shape index (κ1) is 24.4. The zero-order valence-electron chi connectivity index (χ0n) is 19.2. The van der Waals surface area contributed by atoms with E-state index in [-0.39, 0.29) is 30.6 Å². The van der Waals surface area contributed by atoms with Crippen LogP contribution in [0, 0.1) is 6.92 Å². The third-order valence-corrected chi connectivity index (χ3v) is 6.89. The Hall–Kier alpha value is -2.25. The van der Waals surface area contributed by atoms with Crippen molar-refractivity contribution in [1.29, 1.82) is 0 Å². The van der Waals surface area contributed by atoms with Crippen LogP contribution in [0.3, 0.4) is 0 Å². The molecule has 0 aliphatic carbocycles. The molecule has 1 aromatic heterocycles. The predicted molar refractivity (Wildman–Crippen MR) is 130 cm³/mol. The molecule has 0 unspecified atom stereocenters. The summed E-state index contributed by atoms with van der Waals surface area (Å²) in [6.07, 6.45) is 1.61. The Morgan fingerprint density at radius 2 is 2.12 bits per heavy atom. The first-order valence-electron chi connectivity index (χ1n) is 11.1. The SMILES string of the molecule is CCCN(CC(=O)N1CCc2sccc2[C@H]1COc1ccc(Cl)c(C)c1)C(=O)NC(C)C. The summed E-state index contributed by atoms with van der Waals surface area (Å²) in [4.78, 5) is 30.7. The number of carbonyl (C=O) groups excluding carboxylic acids is 2. The van der Waals surface area contributed by atoms with Crippen molar-refractivity contribution in [2.24, 2.45) is 0 Å². The molecule has 2 aromatic rings. The summed E-state index contributed by atoms with van der Waals surface area (Å²) in [7, 11) is 0. The number of fused-ring (bicyclic) bond motifs is 1. The van der Waals surface area contributed by atoms with Crippen LogP contribution in [-0.2, 0) is 11.2 Å². The Morgan fingerprint density at radius 3 is 2.81 bits per heavy atom. The van der Waals surface area contributed by atoms with E-state index in [1.807, 2.05) is 50.8 Å². The van der Waals surface area contributed by atoms with Crippen molar-refractivity contribution in [2.45, 2.75) is 52.6 Å². The highest BCUT2D eigenvalue weighted by atomic mass is 35.5. The van der Waals surface area contributed by atoms with E-state index in [9.17, 15) is 9.59 Å². The van der Waals surface area contributed by atoms with Crippen LogP contribution in [0.25, 0.3) is 0 Å². The van der Waals surface area contributed by atoms with Crippen molar-refractivity contribution >= 4 is 34.9 Å². The van der Waals surface area contributed by atoms with Gasteiger partial charge in [-0.1, -0.05) is 18.5 Å². The fourth-order valence-electron chi connectivity index (χ4n) is 3.87. The van der Waals surface area contributed by atoms with Gasteiger partial charge in [0.2, 0.25) is 5.91 Å². The van der Waals surface area contributed by atoms with Crippen molar-refractivity contribution in [3.63, 3.8) is 0 Å². The van der Waals surface area contributed by atoms with Gasteiger partial charge in [-0.25, -0.2) is 4.79 Å². The fraction of sp³-hybridized carbons (Fsp3) is 0.500. The number of urea groups is 1. The largest absolute Gasteiger partial charge is 0.491 e. The van der Waals surface area contributed by atoms with Crippen molar-refractivity contribution in [1.82, 2.24) is 15.1 Å². The summed E-state index contributed by atoms with van der Waals surface area (Å²) in [6.45, 7) is 9.33. The standard InChI is InChI=1S/C24H32ClN3O3S/c1-5-10-27(24(30)26-16(2)3)14-23(29)28-11-8-22-19(9-12-32-22)21(28)15-31-18-6-7-20(25)17(4)13-18/h6-7,9,12-13,16,21H,5,8,10-11,14-15H2,1-4H3,(H,26,30)/t21-/m1/s1. The monoisotopic (exact) mass is 477 g/mol. The Bertz CT molecular complexity index is 946. The second-order valence-electron chi connectivity index (χ2n) is 8.40. The Labute approximate surface area is 199 Å². The summed E-state index contributed by atoms with van der Waals surface area (Å²) >= 11 is 7.85. The second-order valence-corrected chi connectivity index (χ2v) is 9.81. The van der Waals surface area contributed by atoms with E-state index in [2.05, 4.69) is 16.8 Å². The van der Waals surface area contributed by atoms with E-state index < -0.39 is 0 Å². The number of hydrogen-bond donors (Lipinski definition) is 1. The molecular weight excluding hydrogens is 446 g/mol. The minimum atomic E-state index is -0.201. The van der Waals surface area contributed by atoms with Crippen LogP contribution < -0.4 is 10.1 Å². The molecule has 1 aliphatic heterocycles. The van der Waals surface area contributed by atoms with Crippen molar-refractivity contribution in [3.8, 4) is 5.75 Å². The number of benzene rings is 1. The van der Waals surface area contributed by atoms with E-state index in [4.69, 9.17) is 16.3 Å². The van der Waals surface area contributed by atoms with Crippen LogP contribution in [0.5, 0.6) is 5.75 Å². The molecule has 0 saturated carbocycles. The first-order chi connectivity index (χ1) is 15.3. The number of aryl methyl sites for hydroxylation is 1. The van der Waals surface area contributed by atoms with Gasteiger partial charge in [-0.15, -0.1) is 11.3 Å². The Kier molecular flexibility index (Phi) is 8.43.